The second-order valence-corrected chi connectivity index (χ2v) is 8.48. The topological polar surface area (TPSA) is 239 Å². The minimum absolute atomic E-state index is 0.0237. The molecule has 2 rings (SSSR count). The molecule has 208 valence electrons. The van der Waals surface area contributed by atoms with Crippen LogP contribution in [0.4, 0.5) is 22.7 Å². The van der Waals surface area contributed by atoms with Gasteiger partial charge in [-0.2, -0.15) is 10.2 Å². The molecule has 0 saturated heterocycles. The quantitative estimate of drug-likeness (QED) is 0.162. The minimum Gasteiger partial charge on any atom is -0.481 e. The fourth-order valence-corrected chi connectivity index (χ4v) is 3.28. The third-order valence-electron chi connectivity index (χ3n) is 5.38. The molecule has 0 aromatic heterocycles. The fraction of sp³-hybridized carbons (Fsp3) is 0.320. The summed E-state index contributed by atoms with van der Waals surface area (Å²) in [6, 6.07) is 11.9. The van der Waals surface area contributed by atoms with Crippen molar-refractivity contribution < 1.29 is 34.2 Å². The molecule has 39 heavy (non-hydrogen) atoms. The molecule has 0 aliphatic heterocycles. The Morgan fingerprint density at radius 2 is 1.28 bits per heavy atom. The summed E-state index contributed by atoms with van der Waals surface area (Å²) in [6.07, 6.45) is 0.0162. The number of rotatable bonds is 15. The van der Waals surface area contributed by atoms with Crippen molar-refractivity contribution in [2.45, 2.75) is 31.7 Å². The van der Waals surface area contributed by atoms with Gasteiger partial charge >= 0.3 is 11.9 Å². The molecule has 0 aliphatic rings. The Hall–Kier alpha value is -4.69. The van der Waals surface area contributed by atoms with Crippen LogP contribution in [0.25, 0.3) is 0 Å². The molecule has 3 amide bonds. The lowest BCUT2D eigenvalue weighted by molar-refractivity contribution is -0.144. The van der Waals surface area contributed by atoms with E-state index < -0.39 is 35.7 Å². The highest BCUT2D eigenvalue weighted by atomic mass is 16.4. The molecule has 0 bridgehead atoms. The third kappa shape index (κ3) is 11.5. The molecule has 0 heterocycles. The van der Waals surface area contributed by atoms with Crippen LogP contribution in [0.3, 0.4) is 0 Å². The number of amides is 3. The van der Waals surface area contributed by atoms with Crippen LogP contribution >= 0.6 is 0 Å². The SMILES string of the molecule is NCC(=O)Nc1ccc(/N=N/c2ccc(NC(=O)CNC(=O)CCCC(C[C@H](N)C(=O)O)C(=O)O)cc2)cc1. The standard InChI is InChI=1S/C25H31N7O7/c26-13-22(34)29-16-4-8-18(9-5-16)31-32-19-10-6-17(7-11-19)30-23(35)14-28-21(33)3-1-2-15(24(36)37)12-20(27)25(38)39/h4-11,15,20H,1-3,12-14,26-27H2,(H,28,33)(H,29,34)(H,30,35)(H,36,37)(H,38,39)/b32-31+/t15?,20-/m0/s1. The number of carbonyl (C=O) groups is 5. The van der Waals surface area contributed by atoms with Crippen molar-refractivity contribution in [3.05, 3.63) is 48.5 Å². The van der Waals surface area contributed by atoms with Gasteiger partial charge in [0.2, 0.25) is 17.7 Å². The van der Waals surface area contributed by atoms with Gasteiger partial charge in [0.25, 0.3) is 0 Å². The van der Waals surface area contributed by atoms with E-state index in [9.17, 15) is 29.1 Å². The third-order valence-corrected chi connectivity index (χ3v) is 5.38. The number of benzene rings is 2. The first-order valence-corrected chi connectivity index (χ1v) is 12.0. The van der Waals surface area contributed by atoms with Gasteiger partial charge in [-0.3, -0.25) is 24.0 Å². The van der Waals surface area contributed by atoms with Gasteiger partial charge in [-0.05, 0) is 67.8 Å². The molecular weight excluding hydrogens is 510 g/mol. The van der Waals surface area contributed by atoms with E-state index >= 15 is 0 Å². The summed E-state index contributed by atoms with van der Waals surface area (Å²) in [5.41, 5.74) is 12.8. The molecule has 9 N–H and O–H groups in total. The number of nitrogens with two attached hydrogens (primary N) is 2. The average Bonchev–Trinajstić information content (AvgIpc) is 2.91. The van der Waals surface area contributed by atoms with Gasteiger partial charge in [0.05, 0.1) is 30.4 Å². The number of anilines is 2. The second kappa shape index (κ2) is 15.5. The molecule has 0 aliphatic carbocycles. The molecule has 0 radical (unpaired) electrons. The highest BCUT2D eigenvalue weighted by Crippen LogP contribution is 2.22. The monoisotopic (exact) mass is 541 g/mol. The number of carboxylic acid groups (broad SMARTS) is 2. The van der Waals surface area contributed by atoms with Crippen molar-refractivity contribution in [1.29, 1.82) is 0 Å². The van der Waals surface area contributed by atoms with Crippen molar-refractivity contribution >= 4 is 52.4 Å². The van der Waals surface area contributed by atoms with Gasteiger partial charge in [0.1, 0.15) is 6.04 Å². The molecular formula is C25H31N7O7. The first-order valence-electron chi connectivity index (χ1n) is 12.0. The zero-order chi connectivity index (χ0) is 28.8. The largest absolute Gasteiger partial charge is 0.481 e. The predicted molar refractivity (Wildman–Crippen MR) is 142 cm³/mol. The van der Waals surface area contributed by atoms with Gasteiger partial charge in [-0.15, -0.1) is 0 Å². The summed E-state index contributed by atoms with van der Waals surface area (Å²) in [4.78, 5) is 57.5. The lowest BCUT2D eigenvalue weighted by Gasteiger charge is -2.14. The van der Waals surface area contributed by atoms with Gasteiger partial charge in [0, 0.05) is 17.8 Å². The van der Waals surface area contributed by atoms with Crippen LogP contribution in [-0.4, -0.2) is 59.0 Å². The summed E-state index contributed by atoms with van der Waals surface area (Å²) >= 11 is 0. The molecule has 0 fully saturated rings. The number of carboxylic acids is 2. The molecule has 14 heteroatoms. The van der Waals surface area contributed by atoms with E-state index in [4.69, 9.17) is 16.6 Å². The van der Waals surface area contributed by atoms with Crippen molar-refractivity contribution in [1.82, 2.24) is 5.32 Å². The van der Waals surface area contributed by atoms with Crippen LogP contribution in [0.1, 0.15) is 25.7 Å². The van der Waals surface area contributed by atoms with Gasteiger partial charge in [-0.1, -0.05) is 0 Å². The van der Waals surface area contributed by atoms with Crippen molar-refractivity contribution in [2.75, 3.05) is 23.7 Å². The number of aliphatic carboxylic acids is 2. The van der Waals surface area contributed by atoms with Crippen LogP contribution < -0.4 is 27.4 Å². The Bertz CT molecular complexity index is 1180. The number of hydrogen-bond acceptors (Lipinski definition) is 9. The maximum atomic E-state index is 12.1. The summed E-state index contributed by atoms with van der Waals surface area (Å²) in [5, 5.41) is 34.0. The molecule has 1 unspecified atom stereocenters. The molecule has 2 atom stereocenters. The molecule has 0 saturated carbocycles. The van der Waals surface area contributed by atoms with Crippen LogP contribution in [0.15, 0.2) is 58.8 Å². The zero-order valence-corrected chi connectivity index (χ0v) is 21.0. The average molecular weight is 542 g/mol. The van der Waals surface area contributed by atoms with Gasteiger partial charge < -0.3 is 37.6 Å². The summed E-state index contributed by atoms with van der Waals surface area (Å²) in [5.74, 6) is -4.66. The fourth-order valence-electron chi connectivity index (χ4n) is 3.28. The van der Waals surface area contributed by atoms with Crippen molar-refractivity contribution in [3.63, 3.8) is 0 Å². The molecule has 2 aromatic carbocycles. The maximum Gasteiger partial charge on any atom is 0.320 e. The van der Waals surface area contributed by atoms with Gasteiger partial charge in [0.15, 0.2) is 0 Å². The van der Waals surface area contributed by atoms with E-state index in [0.29, 0.717) is 22.7 Å². The lowest BCUT2D eigenvalue weighted by atomic mass is 9.94. The number of nitrogens with one attached hydrogen (secondary N) is 3. The van der Waals surface area contributed by atoms with E-state index in [1.807, 2.05) is 0 Å². The molecule has 14 nitrogen and oxygen atoms in total. The Kier molecular flexibility index (Phi) is 12.2. The Morgan fingerprint density at radius 1 is 0.769 bits per heavy atom. The van der Waals surface area contributed by atoms with E-state index in [2.05, 4.69) is 26.2 Å². The highest BCUT2D eigenvalue weighted by Gasteiger charge is 2.24. The van der Waals surface area contributed by atoms with Crippen LogP contribution in [0.5, 0.6) is 0 Å². The Labute approximate surface area is 223 Å². The van der Waals surface area contributed by atoms with Gasteiger partial charge in [-0.25, -0.2) is 0 Å². The second-order valence-electron chi connectivity index (χ2n) is 8.48. The summed E-state index contributed by atoms with van der Waals surface area (Å²) in [7, 11) is 0. The number of carbonyl (C=O) groups excluding carboxylic acids is 3. The van der Waals surface area contributed by atoms with Crippen molar-refractivity contribution in [2.24, 2.45) is 27.6 Å². The number of nitrogens with zero attached hydrogens (tertiary/aromatic N) is 2. The number of azo groups is 1. The number of hydrogen-bond donors (Lipinski definition) is 7. The summed E-state index contributed by atoms with van der Waals surface area (Å²) < 4.78 is 0. The molecule has 0 spiro atoms. The Morgan fingerprint density at radius 3 is 1.74 bits per heavy atom. The first-order chi connectivity index (χ1) is 18.6. The van der Waals surface area contributed by atoms with Crippen LogP contribution in [0.2, 0.25) is 0 Å². The van der Waals surface area contributed by atoms with Crippen LogP contribution in [0, 0.1) is 5.92 Å². The minimum atomic E-state index is -1.29. The summed E-state index contributed by atoms with van der Waals surface area (Å²) in [6.45, 7) is -0.396. The normalized spacial score (nSPS) is 12.4. The van der Waals surface area contributed by atoms with Crippen LogP contribution in [-0.2, 0) is 24.0 Å². The van der Waals surface area contributed by atoms with E-state index in [-0.39, 0.29) is 44.7 Å². The van der Waals surface area contributed by atoms with E-state index in [1.165, 1.54) is 0 Å². The lowest BCUT2D eigenvalue weighted by Crippen LogP contribution is -2.35. The molecule has 2 aromatic rings. The highest BCUT2D eigenvalue weighted by molar-refractivity contribution is 5.94. The Balaban J connectivity index is 1.74. The van der Waals surface area contributed by atoms with Crippen molar-refractivity contribution in [3.8, 4) is 0 Å². The van der Waals surface area contributed by atoms with E-state index in [1.54, 1.807) is 48.5 Å². The smallest absolute Gasteiger partial charge is 0.320 e. The van der Waals surface area contributed by atoms with E-state index in [0.717, 1.165) is 0 Å². The zero-order valence-electron chi connectivity index (χ0n) is 21.0. The first kappa shape index (κ1) is 30.5. The maximum absolute atomic E-state index is 12.1. The predicted octanol–water partition coefficient (Wildman–Crippen LogP) is 1.73.